The van der Waals surface area contributed by atoms with Gasteiger partial charge in [-0.1, -0.05) is 22.9 Å². The lowest BCUT2D eigenvalue weighted by Crippen LogP contribution is -2.22. The van der Waals surface area contributed by atoms with Crippen LogP contribution in [0.25, 0.3) is 5.57 Å². The molecule has 3 N–H and O–H groups in total. The number of halogens is 1. The molecule has 2 heterocycles. The number of anilines is 1. The molecule has 3 rings (SSSR count). The predicted molar refractivity (Wildman–Crippen MR) is 69.1 cm³/mol. The van der Waals surface area contributed by atoms with E-state index in [1.54, 1.807) is 18.2 Å². The van der Waals surface area contributed by atoms with E-state index in [-0.39, 0.29) is 10.7 Å². The minimum absolute atomic E-state index is 0.177. The number of hydrogen-bond acceptors (Lipinski definition) is 4. The molecule has 0 atom stereocenters. The molecule has 0 fully saturated rings. The number of carbonyl (C=O) groups excluding carboxylic acids is 1. The van der Waals surface area contributed by atoms with Crippen molar-refractivity contribution in [3.05, 3.63) is 48.3 Å². The Kier molecular flexibility index (Phi) is 2.36. The summed E-state index contributed by atoms with van der Waals surface area (Å²) >= 11 is 6.79. The molecule has 18 heavy (non-hydrogen) atoms. The van der Waals surface area contributed by atoms with Crippen LogP contribution in [0.4, 0.5) is 5.82 Å². The molecule has 0 unspecified atom stereocenters. The number of H-pyrrole nitrogens is 1. The van der Waals surface area contributed by atoms with E-state index in [2.05, 4.69) is 9.98 Å². The molecule has 0 aliphatic carbocycles. The largest absolute Gasteiger partial charge is 0.384 e. The highest BCUT2D eigenvalue weighted by atomic mass is 35.5. The molecule has 1 aromatic heterocycles. The van der Waals surface area contributed by atoms with Crippen molar-refractivity contribution < 1.29 is 4.79 Å². The van der Waals surface area contributed by atoms with Crippen LogP contribution in [0.5, 0.6) is 0 Å². The van der Waals surface area contributed by atoms with E-state index < -0.39 is 5.91 Å². The highest BCUT2D eigenvalue weighted by Gasteiger charge is 2.22. The fourth-order valence-electron chi connectivity index (χ4n) is 1.83. The number of aromatic nitrogens is 1. The van der Waals surface area contributed by atoms with Crippen LogP contribution in [0, 0.1) is 0 Å². The topological polar surface area (TPSA) is 88.3 Å². The molecule has 1 aliphatic rings. The number of amides is 1. The molecule has 90 valence electrons. The Morgan fingerprint density at radius 3 is 2.78 bits per heavy atom. The van der Waals surface area contributed by atoms with Gasteiger partial charge in [0.15, 0.2) is 0 Å². The average Bonchev–Trinajstić information content (AvgIpc) is 2.77. The zero-order valence-corrected chi connectivity index (χ0v) is 10.4. The Balaban J connectivity index is 2.45. The van der Waals surface area contributed by atoms with E-state index in [1.807, 2.05) is 0 Å². The fraction of sp³-hybridized carbons (Fsp3) is 0. The molecule has 1 aliphatic heterocycles. The first-order valence-electron chi connectivity index (χ1n) is 4.98. The smallest absolute Gasteiger partial charge is 0.306 e. The minimum atomic E-state index is -0.408. The van der Waals surface area contributed by atoms with Crippen molar-refractivity contribution >= 4 is 40.2 Å². The Bertz CT molecular complexity index is 850. The summed E-state index contributed by atoms with van der Waals surface area (Å²) in [5.74, 6) is -0.231. The first-order valence-corrected chi connectivity index (χ1v) is 6.17. The molecule has 7 heteroatoms. The molecule has 1 aromatic carbocycles. The average molecular weight is 280 g/mol. The molecular weight excluding hydrogens is 274 g/mol. The molecule has 0 radical (unpaired) electrons. The molecule has 0 bridgehead atoms. The van der Waals surface area contributed by atoms with Crippen LogP contribution in [0.2, 0.25) is 5.02 Å². The van der Waals surface area contributed by atoms with Crippen molar-refractivity contribution in [1.82, 2.24) is 4.98 Å². The monoisotopic (exact) mass is 279 g/mol. The molecule has 0 saturated heterocycles. The molecule has 0 saturated carbocycles. The number of hydrogen-bond donors (Lipinski definition) is 2. The van der Waals surface area contributed by atoms with E-state index in [1.165, 1.54) is 0 Å². The van der Waals surface area contributed by atoms with Gasteiger partial charge in [0.25, 0.3) is 5.91 Å². The van der Waals surface area contributed by atoms with Crippen molar-refractivity contribution in [3.8, 4) is 0 Å². The fourth-order valence-corrected chi connectivity index (χ4v) is 2.81. The Hall–Kier alpha value is -1.92. The number of nitrogen functional groups attached to an aromatic ring is 1. The van der Waals surface area contributed by atoms with E-state index in [0.717, 1.165) is 11.3 Å². The van der Waals surface area contributed by atoms with Crippen LogP contribution in [0.1, 0.15) is 4.88 Å². The molecular formula is C11H6ClN3O2S. The third-order valence-electron chi connectivity index (χ3n) is 2.57. The van der Waals surface area contributed by atoms with Crippen LogP contribution in [0.15, 0.2) is 28.0 Å². The first kappa shape index (κ1) is 11.2. The van der Waals surface area contributed by atoms with Gasteiger partial charge in [-0.05, 0) is 18.2 Å². The van der Waals surface area contributed by atoms with E-state index >= 15 is 0 Å². The summed E-state index contributed by atoms with van der Waals surface area (Å²) in [5.41, 5.74) is 6.01. The van der Waals surface area contributed by atoms with Crippen LogP contribution in [-0.2, 0) is 4.79 Å². The van der Waals surface area contributed by atoms with E-state index in [9.17, 15) is 9.59 Å². The Labute approximate surface area is 109 Å². The van der Waals surface area contributed by atoms with Gasteiger partial charge in [-0.25, -0.2) is 4.99 Å². The highest BCUT2D eigenvalue weighted by Crippen LogP contribution is 2.22. The lowest BCUT2D eigenvalue weighted by atomic mass is 10.1. The summed E-state index contributed by atoms with van der Waals surface area (Å²) in [6.07, 6.45) is 0. The number of nitrogens with one attached hydrogen (secondary N) is 1. The number of benzene rings is 1. The van der Waals surface area contributed by atoms with Gasteiger partial charge >= 0.3 is 4.87 Å². The zero-order chi connectivity index (χ0) is 12.9. The van der Waals surface area contributed by atoms with Crippen molar-refractivity contribution in [2.45, 2.75) is 0 Å². The maximum atomic E-state index is 11.9. The zero-order valence-electron chi connectivity index (χ0n) is 8.86. The quantitative estimate of drug-likeness (QED) is 0.772. The number of rotatable bonds is 1. The third kappa shape index (κ3) is 1.58. The van der Waals surface area contributed by atoms with Crippen LogP contribution >= 0.6 is 22.9 Å². The van der Waals surface area contributed by atoms with Crippen molar-refractivity contribution in [3.63, 3.8) is 0 Å². The summed E-state index contributed by atoms with van der Waals surface area (Å²) in [4.78, 5) is 29.6. The number of thiazole rings is 1. The highest BCUT2D eigenvalue weighted by molar-refractivity contribution is 7.11. The van der Waals surface area contributed by atoms with E-state index in [4.69, 9.17) is 17.3 Å². The lowest BCUT2D eigenvalue weighted by molar-refractivity contribution is -0.112. The number of fused-ring (bicyclic) bond motifs is 1. The summed E-state index contributed by atoms with van der Waals surface area (Å²) in [5, 5.41) is 1.65. The molecule has 5 nitrogen and oxygen atoms in total. The summed E-state index contributed by atoms with van der Waals surface area (Å²) in [7, 11) is 0. The number of nitrogens with two attached hydrogens (primary N) is 1. The van der Waals surface area contributed by atoms with Gasteiger partial charge in [0.05, 0.1) is 15.8 Å². The normalized spacial score (nSPS) is 13.6. The minimum Gasteiger partial charge on any atom is -0.384 e. The first-order chi connectivity index (χ1) is 8.56. The van der Waals surface area contributed by atoms with Gasteiger partial charge in [-0.2, -0.15) is 0 Å². The van der Waals surface area contributed by atoms with Crippen LogP contribution in [0.3, 0.4) is 0 Å². The van der Waals surface area contributed by atoms with E-state index in [0.29, 0.717) is 26.0 Å². The maximum Gasteiger partial charge on any atom is 0.306 e. The van der Waals surface area contributed by atoms with Gasteiger partial charge in [-0.15, -0.1) is 0 Å². The number of carbonyl (C=O) groups is 1. The molecule has 1 amide bonds. The lowest BCUT2D eigenvalue weighted by Gasteiger charge is -1.96. The second kappa shape index (κ2) is 3.79. The Morgan fingerprint density at radius 2 is 2.11 bits per heavy atom. The SMILES string of the molecule is Nc1[nH]c(=O)sc1C1=c2cc(Cl)ccc2=NC1=O. The second-order valence-corrected chi connectivity index (χ2v) is 5.13. The summed E-state index contributed by atoms with van der Waals surface area (Å²) in [6.45, 7) is 0. The molecule has 2 aromatic rings. The van der Waals surface area contributed by atoms with Crippen molar-refractivity contribution in [2.24, 2.45) is 4.99 Å². The Morgan fingerprint density at radius 1 is 1.33 bits per heavy atom. The van der Waals surface area contributed by atoms with Gasteiger partial charge in [0.1, 0.15) is 5.82 Å². The van der Waals surface area contributed by atoms with Gasteiger partial charge in [-0.3, -0.25) is 14.6 Å². The third-order valence-corrected chi connectivity index (χ3v) is 3.72. The van der Waals surface area contributed by atoms with Crippen LogP contribution in [-0.4, -0.2) is 10.9 Å². The van der Waals surface area contributed by atoms with Crippen LogP contribution < -0.4 is 21.2 Å². The van der Waals surface area contributed by atoms with Gasteiger partial charge in [0, 0.05) is 10.2 Å². The van der Waals surface area contributed by atoms with Crippen molar-refractivity contribution in [1.29, 1.82) is 0 Å². The standard InChI is InChI=1S/C11H6ClN3O2S/c12-4-1-2-6-5(3-4)7(10(16)14-6)8-9(13)15-11(17)18-8/h1-3H,13H2,(H,15,17). The summed E-state index contributed by atoms with van der Waals surface area (Å²) in [6, 6.07) is 4.96. The predicted octanol–water partition coefficient (Wildman–Crippen LogP) is 0.0308. The molecule has 0 spiro atoms. The van der Waals surface area contributed by atoms with Crippen molar-refractivity contribution in [2.75, 3.05) is 5.73 Å². The summed E-state index contributed by atoms with van der Waals surface area (Å²) < 4.78 is 0. The second-order valence-electron chi connectivity index (χ2n) is 3.71. The number of nitrogens with zero attached hydrogens (tertiary/aromatic N) is 1. The van der Waals surface area contributed by atoms with Gasteiger partial charge < -0.3 is 5.73 Å². The maximum absolute atomic E-state index is 11.9. The van der Waals surface area contributed by atoms with Gasteiger partial charge in [0.2, 0.25) is 0 Å². The number of aromatic amines is 1.